The molecule has 1 unspecified atom stereocenters. The van der Waals surface area contributed by atoms with Crippen LogP contribution in [-0.2, 0) is 9.59 Å². The molecule has 0 saturated carbocycles. The molecule has 64 valence electrons. The first kappa shape index (κ1) is 10.7. The lowest BCUT2D eigenvalue weighted by Gasteiger charge is -2.04. The quantitative estimate of drug-likeness (QED) is 0.636. The van der Waals surface area contributed by atoms with E-state index in [2.05, 4.69) is 0 Å². The van der Waals surface area contributed by atoms with E-state index in [1.54, 1.807) is 0 Å². The van der Waals surface area contributed by atoms with Crippen LogP contribution in [0, 0.1) is 0 Å². The lowest BCUT2D eigenvalue weighted by molar-refractivity contribution is -0.122. The second kappa shape index (κ2) is 5.35. The molecule has 2 nitrogen and oxygen atoms in total. The highest BCUT2D eigenvalue weighted by Crippen LogP contribution is 2.09. The average molecular weight is 174 g/mol. The van der Waals surface area contributed by atoms with Gasteiger partial charge in [-0.05, 0) is 20.1 Å². The summed E-state index contributed by atoms with van der Waals surface area (Å²) in [5, 5.41) is 0.0364. The molecule has 0 aromatic rings. The summed E-state index contributed by atoms with van der Waals surface area (Å²) in [5.41, 5.74) is 0. The summed E-state index contributed by atoms with van der Waals surface area (Å²) in [6.07, 6.45) is 2.69. The average Bonchev–Trinajstić information content (AvgIpc) is 1.98. The molecule has 3 heteroatoms. The summed E-state index contributed by atoms with van der Waals surface area (Å²) in [6.45, 7) is 3.38. The fourth-order valence-electron chi connectivity index (χ4n) is 0.634. The minimum absolute atomic E-state index is 0.0364. The first-order valence-electron chi connectivity index (χ1n) is 3.63. The molecule has 0 aromatic heterocycles. The number of hydrogen-bond donors (Lipinski definition) is 0. The Morgan fingerprint density at radius 3 is 2.27 bits per heavy atom. The van der Waals surface area contributed by atoms with Crippen LogP contribution in [0.25, 0.3) is 0 Å². The first-order chi connectivity index (χ1) is 5.07. The van der Waals surface area contributed by atoms with Crippen LogP contribution in [0.2, 0.25) is 0 Å². The van der Waals surface area contributed by atoms with Crippen LogP contribution < -0.4 is 0 Å². The minimum Gasteiger partial charge on any atom is -0.300 e. The molecule has 0 saturated heterocycles. The number of Topliss-reactive ketones (excluding diaryl/α,β-unsaturated/α-hetero) is 2. The Morgan fingerprint density at radius 1 is 1.36 bits per heavy atom. The standard InChI is InChI=1S/C8H14O2S/c1-6(9)4-5-8(10)7(2)11-3/h7H,4-5H2,1-3H3. The zero-order chi connectivity index (χ0) is 8.85. The topological polar surface area (TPSA) is 34.1 Å². The van der Waals surface area contributed by atoms with Gasteiger partial charge in [0.25, 0.3) is 0 Å². The van der Waals surface area contributed by atoms with E-state index in [9.17, 15) is 9.59 Å². The fourth-order valence-corrected chi connectivity index (χ4v) is 1.01. The molecule has 0 N–H and O–H groups in total. The highest BCUT2D eigenvalue weighted by molar-refractivity contribution is 7.99. The second-order valence-corrected chi connectivity index (χ2v) is 3.72. The molecule has 1 atom stereocenters. The third-order valence-electron chi connectivity index (χ3n) is 1.53. The Morgan fingerprint density at radius 2 is 1.91 bits per heavy atom. The van der Waals surface area contributed by atoms with Crippen molar-refractivity contribution in [2.24, 2.45) is 0 Å². The predicted molar refractivity (Wildman–Crippen MR) is 47.9 cm³/mol. The van der Waals surface area contributed by atoms with Crippen molar-refractivity contribution in [3.63, 3.8) is 0 Å². The molecule has 0 aromatic carbocycles. The zero-order valence-corrected chi connectivity index (χ0v) is 8.03. The maximum absolute atomic E-state index is 11.1. The summed E-state index contributed by atoms with van der Waals surface area (Å²) in [4.78, 5) is 21.6. The van der Waals surface area contributed by atoms with Crippen molar-refractivity contribution < 1.29 is 9.59 Å². The van der Waals surface area contributed by atoms with Crippen molar-refractivity contribution >= 4 is 23.3 Å². The summed E-state index contributed by atoms with van der Waals surface area (Å²) < 4.78 is 0. The number of ketones is 2. The van der Waals surface area contributed by atoms with Crippen molar-refractivity contribution in [1.82, 2.24) is 0 Å². The van der Waals surface area contributed by atoms with Gasteiger partial charge in [-0.1, -0.05) is 0 Å². The van der Waals surface area contributed by atoms with Gasteiger partial charge in [-0.2, -0.15) is 11.8 Å². The maximum atomic E-state index is 11.1. The number of hydrogen-bond acceptors (Lipinski definition) is 3. The molecule has 11 heavy (non-hydrogen) atoms. The summed E-state index contributed by atoms with van der Waals surface area (Å²) in [5.74, 6) is 0.263. The van der Waals surface area contributed by atoms with Gasteiger partial charge in [0.1, 0.15) is 11.6 Å². The lowest BCUT2D eigenvalue weighted by Crippen LogP contribution is -2.13. The van der Waals surface area contributed by atoms with Crippen LogP contribution >= 0.6 is 11.8 Å². The Bertz CT molecular complexity index is 154. The fraction of sp³-hybridized carbons (Fsp3) is 0.750. The molecule has 0 bridgehead atoms. The number of carbonyl (C=O) groups excluding carboxylic acids is 2. The van der Waals surface area contributed by atoms with E-state index in [4.69, 9.17) is 0 Å². The van der Waals surface area contributed by atoms with Gasteiger partial charge in [-0.25, -0.2) is 0 Å². The van der Waals surface area contributed by atoms with Gasteiger partial charge in [-0.15, -0.1) is 0 Å². The Kier molecular flexibility index (Phi) is 5.20. The van der Waals surface area contributed by atoms with E-state index >= 15 is 0 Å². The van der Waals surface area contributed by atoms with Gasteiger partial charge in [-0.3, -0.25) is 4.79 Å². The molecule has 0 radical (unpaired) electrons. The number of rotatable bonds is 5. The largest absolute Gasteiger partial charge is 0.300 e. The van der Waals surface area contributed by atoms with E-state index in [-0.39, 0.29) is 16.8 Å². The van der Waals surface area contributed by atoms with Gasteiger partial charge in [0.2, 0.25) is 0 Å². The van der Waals surface area contributed by atoms with Crippen LogP contribution in [0.3, 0.4) is 0 Å². The van der Waals surface area contributed by atoms with Crippen molar-refractivity contribution in [1.29, 1.82) is 0 Å². The van der Waals surface area contributed by atoms with Crippen molar-refractivity contribution in [2.45, 2.75) is 31.9 Å². The molecule has 0 rings (SSSR count). The van der Waals surface area contributed by atoms with Gasteiger partial charge in [0.05, 0.1) is 5.25 Å². The molecule has 0 aliphatic carbocycles. The van der Waals surface area contributed by atoms with Gasteiger partial charge in [0.15, 0.2) is 0 Å². The van der Waals surface area contributed by atoms with Crippen molar-refractivity contribution in [3.8, 4) is 0 Å². The molecule has 0 amide bonds. The van der Waals surface area contributed by atoms with Crippen LogP contribution in [-0.4, -0.2) is 23.1 Å². The first-order valence-corrected chi connectivity index (χ1v) is 4.91. The van der Waals surface area contributed by atoms with E-state index in [1.807, 2.05) is 13.2 Å². The Hall–Kier alpha value is -0.310. The van der Waals surface area contributed by atoms with Gasteiger partial charge < -0.3 is 4.79 Å². The van der Waals surface area contributed by atoms with Crippen LogP contribution in [0.15, 0.2) is 0 Å². The van der Waals surface area contributed by atoms with E-state index in [0.29, 0.717) is 12.8 Å². The van der Waals surface area contributed by atoms with Crippen LogP contribution in [0.1, 0.15) is 26.7 Å². The Labute approximate surface area is 71.7 Å². The maximum Gasteiger partial charge on any atom is 0.145 e. The predicted octanol–water partition coefficient (Wildman–Crippen LogP) is 1.68. The summed E-state index contributed by atoms with van der Waals surface area (Å²) in [6, 6.07) is 0. The lowest BCUT2D eigenvalue weighted by atomic mass is 10.1. The molecule has 0 spiro atoms. The SMILES string of the molecule is CSC(C)C(=O)CCC(C)=O. The highest BCUT2D eigenvalue weighted by Gasteiger charge is 2.10. The molecule has 0 aliphatic rings. The number of carbonyl (C=O) groups is 2. The smallest absolute Gasteiger partial charge is 0.145 e. The number of thioether (sulfide) groups is 1. The van der Waals surface area contributed by atoms with Gasteiger partial charge >= 0.3 is 0 Å². The van der Waals surface area contributed by atoms with E-state index < -0.39 is 0 Å². The second-order valence-electron chi connectivity index (χ2n) is 2.55. The molecule has 0 fully saturated rings. The molecule has 0 heterocycles. The molecular weight excluding hydrogens is 160 g/mol. The van der Waals surface area contributed by atoms with Crippen molar-refractivity contribution in [3.05, 3.63) is 0 Å². The normalized spacial score (nSPS) is 12.6. The third kappa shape index (κ3) is 5.01. The monoisotopic (exact) mass is 174 g/mol. The van der Waals surface area contributed by atoms with E-state index in [1.165, 1.54) is 18.7 Å². The third-order valence-corrected chi connectivity index (χ3v) is 2.50. The van der Waals surface area contributed by atoms with Gasteiger partial charge in [0, 0.05) is 12.8 Å². The van der Waals surface area contributed by atoms with Crippen LogP contribution in [0.5, 0.6) is 0 Å². The Balaban J connectivity index is 3.60. The molecule has 0 aliphatic heterocycles. The summed E-state index contributed by atoms with van der Waals surface area (Å²) in [7, 11) is 0. The van der Waals surface area contributed by atoms with Crippen LogP contribution in [0.4, 0.5) is 0 Å². The zero-order valence-electron chi connectivity index (χ0n) is 7.22. The summed E-state index contributed by atoms with van der Waals surface area (Å²) >= 11 is 1.52. The van der Waals surface area contributed by atoms with Crippen molar-refractivity contribution in [2.75, 3.05) is 6.26 Å². The van der Waals surface area contributed by atoms with E-state index in [0.717, 1.165) is 0 Å². The highest BCUT2D eigenvalue weighted by atomic mass is 32.2. The molecular formula is C8H14O2S. The minimum atomic E-state index is 0.0364.